The van der Waals surface area contributed by atoms with Gasteiger partial charge >= 0.3 is 0 Å². The van der Waals surface area contributed by atoms with Crippen molar-refractivity contribution in [2.45, 2.75) is 75.2 Å². The van der Waals surface area contributed by atoms with E-state index in [1.54, 1.807) is 30.3 Å². The molecule has 3 fully saturated rings. The number of hydrogen-bond acceptors (Lipinski definition) is 6. The normalized spacial score (nSPS) is 35.2. The van der Waals surface area contributed by atoms with E-state index < -0.39 is 23.2 Å². The first-order valence-electron chi connectivity index (χ1n) is 13.2. The van der Waals surface area contributed by atoms with E-state index in [0.717, 1.165) is 24.2 Å². The van der Waals surface area contributed by atoms with Gasteiger partial charge in [-0.15, -0.1) is 0 Å². The van der Waals surface area contributed by atoms with Crippen molar-refractivity contribution in [3.05, 3.63) is 58.7 Å². The van der Waals surface area contributed by atoms with Gasteiger partial charge in [0.15, 0.2) is 11.5 Å². The van der Waals surface area contributed by atoms with Gasteiger partial charge in [0, 0.05) is 18.2 Å². The van der Waals surface area contributed by atoms with Gasteiger partial charge in [-0.1, -0.05) is 18.2 Å². The van der Waals surface area contributed by atoms with Crippen molar-refractivity contribution in [2.24, 2.45) is 5.92 Å². The molecule has 0 unspecified atom stereocenters. The zero-order valence-corrected chi connectivity index (χ0v) is 20.7. The van der Waals surface area contributed by atoms with Crippen LogP contribution in [0.25, 0.3) is 0 Å². The van der Waals surface area contributed by atoms with Gasteiger partial charge in [0.25, 0.3) is 11.8 Å². The molecular formula is C29H32N2O5. The van der Waals surface area contributed by atoms with Gasteiger partial charge in [-0.3, -0.25) is 19.4 Å². The molecule has 2 aliphatic carbocycles. The van der Waals surface area contributed by atoms with Crippen LogP contribution >= 0.6 is 0 Å². The fraction of sp³-hybridized carbons (Fsp3) is 0.517. The number of likely N-dealkylation sites (tertiary alicyclic amines) is 1. The molecule has 7 heteroatoms. The Bertz CT molecular complexity index is 1270. The van der Waals surface area contributed by atoms with Crippen LogP contribution in [-0.4, -0.2) is 68.7 Å². The standard InChI is InChI=1S/C29H32N2O5/c1-16-7-10-22(32)24-23(16)28-13-14-30(15-18-8-9-18)17(2)29(28,35)12-11-21(25(28)36-24)31-26(33)19-5-3-4-6-20(19)27(31)34/h3-7,10,17-18,21,25,32,35H,8-9,11-15H2,1-2H3/t17-,21-,25+,28+,29-/m1/s1. The molecule has 5 aliphatic rings. The SMILES string of the molecule is Cc1ccc(O)c2c1[C@]13CCN(CC4CC4)[C@H](C)[C@]1(O)CC[C@@H](N1C(=O)c4ccccc4C1=O)[C@@H]3O2. The number of aliphatic hydroxyl groups is 1. The van der Waals surface area contributed by atoms with Crippen LogP contribution in [0.1, 0.15) is 70.9 Å². The summed E-state index contributed by atoms with van der Waals surface area (Å²) in [6.45, 7) is 5.88. The number of carbonyl (C=O) groups is 2. The predicted octanol–water partition coefficient (Wildman–Crippen LogP) is 3.39. The molecule has 3 aliphatic heterocycles. The molecule has 2 aromatic carbocycles. The first-order chi connectivity index (χ1) is 17.3. The summed E-state index contributed by atoms with van der Waals surface area (Å²) in [4.78, 5) is 30.8. The Morgan fingerprint density at radius 1 is 1.03 bits per heavy atom. The third kappa shape index (κ3) is 2.65. The van der Waals surface area contributed by atoms with Crippen molar-refractivity contribution in [3.63, 3.8) is 0 Å². The lowest BCUT2D eigenvalue weighted by Gasteiger charge is -2.62. The molecule has 0 aromatic heterocycles. The van der Waals surface area contributed by atoms with Gasteiger partial charge in [0.1, 0.15) is 6.10 Å². The van der Waals surface area contributed by atoms with Crippen LogP contribution in [0.2, 0.25) is 0 Å². The molecule has 188 valence electrons. The Morgan fingerprint density at radius 2 is 1.72 bits per heavy atom. The van der Waals surface area contributed by atoms with E-state index in [1.165, 1.54) is 17.7 Å². The highest BCUT2D eigenvalue weighted by molar-refractivity contribution is 6.21. The number of ether oxygens (including phenoxy) is 1. The molecule has 5 atom stereocenters. The van der Waals surface area contributed by atoms with Crippen LogP contribution in [0.3, 0.4) is 0 Å². The molecule has 2 amide bonds. The number of aromatic hydroxyl groups is 1. The van der Waals surface area contributed by atoms with E-state index in [0.29, 0.717) is 42.1 Å². The van der Waals surface area contributed by atoms with Gasteiger partial charge in [-0.2, -0.15) is 0 Å². The molecule has 1 spiro atoms. The number of nitrogens with zero attached hydrogens (tertiary/aromatic N) is 2. The van der Waals surface area contributed by atoms with E-state index >= 15 is 0 Å². The molecule has 2 N–H and O–H groups in total. The Balaban J connectivity index is 1.37. The molecule has 2 saturated carbocycles. The largest absolute Gasteiger partial charge is 0.504 e. The molecule has 1 saturated heterocycles. The summed E-state index contributed by atoms with van der Waals surface area (Å²) in [7, 11) is 0. The second kappa shape index (κ2) is 7.33. The van der Waals surface area contributed by atoms with E-state index in [4.69, 9.17) is 4.74 Å². The van der Waals surface area contributed by atoms with Gasteiger partial charge in [0.2, 0.25) is 0 Å². The average Bonchev–Trinajstić information content (AvgIpc) is 3.56. The zero-order valence-electron chi connectivity index (χ0n) is 20.7. The fourth-order valence-corrected chi connectivity index (χ4v) is 7.86. The number of hydrogen-bond donors (Lipinski definition) is 2. The van der Waals surface area contributed by atoms with Crippen LogP contribution in [0.5, 0.6) is 11.5 Å². The summed E-state index contributed by atoms with van der Waals surface area (Å²) in [6, 6.07) is 9.79. The van der Waals surface area contributed by atoms with Gasteiger partial charge in [0.05, 0.1) is 28.2 Å². The number of rotatable bonds is 3. The lowest BCUT2D eigenvalue weighted by Crippen LogP contribution is -2.76. The number of fused-ring (bicyclic) bond motifs is 2. The highest BCUT2D eigenvalue weighted by Gasteiger charge is 2.71. The topological polar surface area (TPSA) is 90.3 Å². The first-order valence-corrected chi connectivity index (χ1v) is 13.2. The summed E-state index contributed by atoms with van der Waals surface area (Å²) in [5, 5.41) is 23.5. The third-order valence-corrected chi connectivity index (χ3v) is 9.84. The lowest BCUT2D eigenvalue weighted by molar-refractivity contribution is -0.187. The smallest absolute Gasteiger partial charge is 0.261 e. The number of amides is 2. The molecule has 3 heterocycles. The molecule has 7 nitrogen and oxygen atoms in total. The summed E-state index contributed by atoms with van der Waals surface area (Å²) in [6.07, 6.45) is 3.39. The number of phenolic OH excluding ortho intramolecular Hbond substituents is 1. The van der Waals surface area contributed by atoms with Crippen molar-refractivity contribution in [2.75, 3.05) is 13.1 Å². The lowest BCUT2D eigenvalue weighted by atomic mass is 9.51. The number of aryl methyl sites for hydroxylation is 1. The van der Waals surface area contributed by atoms with Crippen LogP contribution in [0.4, 0.5) is 0 Å². The maximum atomic E-state index is 13.5. The highest BCUT2D eigenvalue weighted by Crippen LogP contribution is 2.63. The van der Waals surface area contributed by atoms with Crippen molar-refractivity contribution in [3.8, 4) is 11.5 Å². The van der Waals surface area contributed by atoms with Crippen LogP contribution in [0, 0.1) is 12.8 Å². The van der Waals surface area contributed by atoms with Crippen molar-refractivity contribution >= 4 is 11.8 Å². The molecule has 36 heavy (non-hydrogen) atoms. The number of phenols is 1. The van der Waals surface area contributed by atoms with Gasteiger partial charge < -0.3 is 14.9 Å². The average molecular weight is 489 g/mol. The van der Waals surface area contributed by atoms with Crippen molar-refractivity contribution in [1.29, 1.82) is 0 Å². The fourth-order valence-electron chi connectivity index (χ4n) is 7.86. The third-order valence-electron chi connectivity index (χ3n) is 9.84. The van der Waals surface area contributed by atoms with Gasteiger partial charge in [-0.05, 0) is 82.2 Å². The van der Waals surface area contributed by atoms with Crippen molar-refractivity contribution in [1.82, 2.24) is 9.80 Å². The minimum atomic E-state index is -1.12. The number of imide groups is 1. The maximum Gasteiger partial charge on any atom is 0.261 e. The van der Waals surface area contributed by atoms with E-state index in [1.807, 2.05) is 13.0 Å². The minimum Gasteiger partial charge on any atom is -0.504 e. The summed E-state index contributed by atoms with van der Waals surface area (Å²) < 4.78 is 6.57. The van der Waals surface area contributed by atoms with E-state index in [-0.39, 0.29) is 23.6 Å². The highest BCUT2D eigenvalue weighted by atomic mass is 16.5. The quantitative estimate of drug-likeness (QED) is 0.644. The number of piperidine rings is 1. The molecular weight excluding hydrogens is 456 g/mol. The maximum absolute atomic E-state index is 13.5. The summed E-state index contributed by atoms with van der Waals surface area (Å²) in [5.74, 6) is 0.524. The Morgan fingerprint density at radius 3 is 2.39 bits per heavy atom. The molecule has 7 rings (SSSR count). The Labute approximate surface area is 210 Å². The Hall–Kier alpha value is -2.90. The first kappa shape index (κ1) is 22.3. The number of carbonyl (C=O) groups excluding carboxylic acids is 2. The van der Waals surface area contributed by atoms with Gasteiger partial charge in [-0.25, -0.2) is 0 Å². The summed E-state index contributed by atoms with van der Waals surface area (Å²) >= 11 is 0. The van der Waals surface area contributed by atoms with Crippen LogP contribution in [-0.2, 0) is 5.41 Å². The van der Waals surface area contributed by atoms with Crippen LogP contribution < -0.4 is 4.74 Å². The second-order valence-corrected chi connectivity index (χ2v) is 11.5. The zero-order chi connectivity index (χ0) is 25.0. The number of benzene rings is 2. The Kier molecular flexibility index (Phi) is 4.54. The second-order valence-electron chi connectivity index (χ2n) is 11.5. The summed E-state index contributed by atoms with van der Waals surface area (Å²) in [5.41, 5.74) is 0.676. The molecule has 2 aromatic rings. The molecule has 0 radical (unpaired) electrons. The van der Waals surface area contributed by atoms with E-state index in [9.17, 15) is 19.8 Å². The predicted molar refractivity (Wildman–Crippen MR) is 132 cm³/mol. The molecule has 0 bridgehead atoms. The van der Waals surface area contributed by atoms with Crippen LogP contribution in [0.15, 0.2) is 36.4 Å². The monoisotopic (exact) mass is 488 g/mol. The van der Waals surface area contributed by atoms with E-state index in [2.05, 4.69) is 11.8 Å². The minimum absolute atomic E-state index is 0.0379. The van der Waals surface area contributed by atoms with Crippen molar-refractivity contribution < 1.29 is 24.5 Å².